The molecule has 0 saturated carbocycles. The van der Waals surface area contributed by atoms with Crippen molar-refractivity contribution in [3.63, 3.8) is 0 Å². The molecule has 1 N–H and O–H groups in total. The van der Waals surface area contributed by atoms with Gasteiger partial charge in [0.15, 0.2) is 0 Å². The number of hydrogen-bond donors (Lipinski definition) is 1. The highest BCUT2D eigenvalue weighted by atomic mass is 19.1. The molecule has 3 aromatic carbocycles. The fourth-order valence-corrected chi connectivity index (χ4v) is 6.43. The van der Waals surface area contributed by atoms with Crippen LogP contribution in [0.2, 0.25) is 0 Å². The minimum atomic E-state index is -0.511. The lowest BCUT2D eigenvalue weighted by molar-refractivity contribution is 0.204. The normalized spacial score (nSPS) is 18.2. The predicted molar refractivity (Wildman–Crippen MR) is 173 cm³/mol. The standard InChI is InChI=1S/C35H39FN6O2/c1-22-18-23(2)33(24(3)19-22)44-35(43)42(30-12-10-26-8-6-7-9-28(26)30)32-14-15-37-34(39-32)38-27-11-13-31(29(36)20-27)41-17-16-40(5)25(4)21-41/h6-9,11,13-15,18-20,25,30H,10,12,16-17,21H2,1-5H3,(H,37,38,39). The zero-order valence-corrected chi connectivity index (χ0v) is 26.0. The van der Waals surface area contributed by atoms with Crippen LogP contribution in [0, 0.1) is 26.6 Å². The van der Waals surface area contributed by atoms with E-state index in [9.17, 15) is 4.79 Å². The van der Waals surface area contributed by atoms with Crippen molar-refractivity contribution in [2.24, 2.45) is 0 Å². The van der Waals surface area contributed by atoms with E-state index in [1.54, 1.807) is 23.2 Å². The number of piperazine rings is 1. The molecule has 1 aromatic heterocycles. The fourth-order valence-electron chi connectivity index (χ4n) is 6.43. The van der Waals surface area contributed by atoms with E-state index < -0.39 is 6.09 Å². The van der Waals surface area contributed by atoms with Crippen LogP contribution in [0.1, 0.15) is 47.2 Å². The second kappa shape index (κ2) is 12.2. The summed E-state index contributed by atoms with van der Waals surface area (Å²) in [5.41, 5.74) is 6.28. The highest BCUT2D eigenvalue weighted by Crippen LogP contribution is 2.39. The molecule has 0 radical (unpaired) electrons. The number of amides is 1. The zero-order chi connectivity index (χ0) is 31.0. The van der Waals surface area contributed by atoms with Crippen molar-refractivity contribution in [3.8, 4) is 5.75 Å². The van der Waals surface area contributed by atoms with Crippen molar-refractivity contribution in [2.75, 3.05) is 41.8 Å². The molecule has 2 aliphatic rings. The van der Waals surface area contributed by atoms with E-state index in [-0.39, 0.29) is 17.8 Å². The average Bonchev–Trinajstić information content (AvgIpc) is 3.41. The molecule has 0 bridgehead atoms. The van der Waals surface area contributed by atoms with Gasteiger partial charge in [-0.2, -0.15) is 4.98 Å². The number of carbonyl (C=O) groups is 1. The van der Waals surface area contributed by atoms with E-state index in [1.807, 2.05) is 51.1 Å². The quantitative estimate of drug-likeness (QED) is 0.255. The monoisotopic (exact) mass is 594 g/mol. The largest absolute Gasteiger partial charge is 0.421 e. The number of carbonyl (C=O) groups excluding carboxylic acids is 1. The number of nitrogens with one attached hydrogen (secondary N) is 1. The molecule has 2 unspecified atom stereocenters. The topological polar surface area (TPSA) is 73.8 Å². The third-order valence-corrected chi connectivity index (χ3v) is 8.80. The summed E-state index contributed by atoms with van der Waals surface area (Å²) in [7, 11) is 2.09. The van der Waals surface area contributed by atoms with Gasteiger partial charge in [0.2, 0.25) is 5.95 Å². The van der Waals surface area contributed by atoms with Crippen LogP contribution in [0.15, 0.2) is 66.9 Å². The molecule has 2 atom stereocenters. The van der Waals surface area contributed by atoms with Crippen LogP contribution in [0.25, 0.3) is 0 Å². The maximum absolute atomic E-state index is 15.3. The van der Waals surface area contributed by atoms with Crippen molar-refractivity contribution >= 4 is 29.2 Å². The minimum Gasteiger partial charge on any atom is -0.409 e. The number of hydrogen-bond acceptors (Lipinski definition) is 7. The molecular formula is C35H39FN6O2. The maximum Gasteiger partial charge on any atom is 0.421 e. The lowest BCUT2D eigenvalue weighted by Gasteiger charge is -2.39. The highest BCUT2D eigenvalue weighted by Gasteiger charge is 2.35. The van der Waals surface area contributed by atoms with Crippen LogP contribution in [0.5, 0.6) is 5.75 Å². The van der Waals surface area contributed by atoms with Crippen LogP contribution in [-0.2, 0) is 6.42 Å². The first kappa shape index (κ1) is 29.6. The number of fused-ring (bicyclic) bond motifs is 1. The van der Waals surface area contributed by atoms with E-state index in [2.05, 4.69) is 46.2 Å². The summed E-state index contributed by atoms with van der Waals surface area (Å²) in [6.45, 7) is 10.5. The molecular weight excluding hydrogens is 555 g/mol. The molecule has 6 rings (SSSR count). The number of rotatable bonds is 6. The lowest BCUT2D eigenvalue weighted by Crippen LogP contribution is -2.50. The van der Waals surface area contributed by atoms with Crippen molar-refractivity contribution in [2.45, 2.75) is 52.6 Å². The van der Waals surface area contributed by atoms with Crippen molar-refractivity contribution < 1.29 is 13.9 Å². The summed E-state index contributed by atoms with van der Waals surface area (Å²) >= 11 is 0. The number of aryl methyl sites for hydroxylation is 4. The first-order valence-electron chi connectivity index (χ1n) is 15.2. The summed E-state index contributed by atoms with van der Waals surface area (Å²) in [5.74, 6) is 0.906. The van der Waals surface area contributed by atoms with Gasteiger partial charge in [-0.25, -0.2) is 14.2 Å². The maximum atomic E-state index is 15.3. The van der Waals surface area contributed by atoms with Gasteiger partial charge in [0.25, 0.3) is 0 Å². The van der Waals surface area contributed by atoms with Gasteiger partial charge in [-0.3, -0.25) is 4.90 Å². The minimum absolute atomic E-state index is 0.254. The average molecular weight is 595 g/mol. The van der Waals surface area contributed by atoms with Crippen LogP contribution in [-0.4, -0.2) is 53.7 Å². The first-order valence-corrected chi connectivity index (χ1v) is 15.2. The summed E-state index contributed by atoms with van der Waals surface area (Å²) in [6.07, 6.45) is 2.68. The van der Waals surface area contributed by atoms with Gasteiger partial charge in [0.05, 0.1) is 11.7 Å². The van der Waals surface area contributed by atoms with Gasteiger partial charge in [-0.1, -0.05) is 42.0 Å². The van der Waals surface area contributed by atoms with Crippen molar-refractivity contribution in [1.82, 2.24) is 14.9 Å². The molecule has 228 valence electrons. The highest BCUT2D eigenvalue weighted by molar-refractivity contribution is 5.90. The number of benzene rings is 3. The molecule has 44 heavy (non-hydrogen) atoms. The Morgan fingerprint density at radius 3 is 2.57 bits per heavy atom. The van der Waals surface area contributed by atoms with E-state index in [0.717, 1.165) is 54.7 Å². The number of likely N-dealkylation sites (N-methyl/N-ethyl adjacent to an activating group) is 1. The SMILES string of the molecule is Cc1cc(C)c(OC(=O)N(c2ccnc(Nc3ccc(N4CCN(C)C(C)C4)c(F)c3)n2)C2CCc3ccccc32)c(C)c1. The molecule has 1 aliphatic heterocycles. The molecule has 0 spiro atoms. The third-order valence-electron chi connectivity index (χ3n) is 8.80. The Kier molecular flexibility index (Phi) is 8.23. The molecule has 9 heteroatoms. The molecule has 8 nitrogen and oxygen atoms in total. The van der Waals surface area contributed by atoms with E-state index in [1.165, 1.54) is 11.6 Å². The van der Waals surface area contributed by atoms with Crippen molar-refractivity contribution in [3.05, 3.63) is 100 Å². The summed E-state index contributed by atoms with van der Waals surface area (Å²) < 4.78 is 21.4. The van der Waals surface area contributed by atoms with E-state index in [4.69, 9.17) is 9.72 Å². The first-order chi connectivity index (χ1) is 21.2. The Morgan fingerprint density at radius 1 is 1.05 bits per heavy atom. The van der Waals surface area contributed by atoms with Gasteiger partial charge in [-0.15, -0.1) is 0 Å². The van der Waals surface area contributed by atoms with Gasteiger partial charge in [0, 0.05) is 37.6 Å². The van der Waals surface area contributed by atoms with Gasteiger partial charge < -0.3 is 19.9 Å². The molecule has 1 amide bonds. The second-order valence-corrected chi connectivity index (χ2v) is 12.0. The van der Waals surface area contributed by atoms with Gasteiger partial charge in [-0.05, 0) is 94.1 Å². The van der Waals surface area contributed by atoms with Crippen LogP contribution in [0.3, 0.4) is 0 Å². The van der Waals surface area contributed by atoms with Crippen molar-refractivity contribution in [1.29, 1.82) is 0 Å². The Balaban J connectivity index is 1.29. The fraction of sp³-hybridized carbons (Fsp3) is 0.343. The zero-order valence-electron chi connectivity index (χ0n) is 26.0. The van der Waals surface area contributed by atoms with E-state index in [0.29, 0.717) is 29.0 Å². The van der Waals surface area contributed by atoms with Crippen LogP contribution >= 0.6 is 0 Å². The summed E-state index contributed by atoms with van der Waals surface area (Å²) in [5, 5.41) is 3.14. The smallest absolute Gasteiger partial charge is 0.409 e. The molecule has 1 fully saturated rings. The van der Waals surface area contributed by atoms with E-state index >= 15 is 4.39 Å². The Morgan fingerprint density at radius 2 is 1.82 bits per heavy atom. The number of aromatic nitrogens is 2. The number of anilines is 4. The Labute approximate surface area is 258 Å². The van der Waals surface area contributed by atoms with Crippen LogP contribution < -0.4 is 19.9 Å². The second-order valence-electron chi connectivity index (χ2n) is 12.0. The van der Waals surface area contributed by atoms with Gasteiger partial charge in [0.1, 0.15) is 17.4 Å². The van der Waals surface area contributed by atoms with Gasteiger partial charge >= 0.3 is 6.09 Å². The predicted octanol–water partition coefficient (Wildman–Crippen LogP) is 7.12. The molecule has 1 saturated heterocycles. The molecule has 1 aliphatic carbocycles. The molecule has 4 aromatic rings. The lowest BCUT2D eigenvalue weighted by atomic mass is 10.1. The number of ether oxygens (including phenoxy) is 1. The number of nitrogens with zero attached hydrogens (tertiary/aromatic N) is 5. The Hall–Kier alpha value is -4.50. The third kappa shape index (κ3) is 5.97. The summed E-state index contributed by atoms with van der Waals surface area (Å²) in [6, 6.07) is 19.1. The van der Waals surface area contributed by atoms with Crippen LogP contribution in [0.4, 0.5) is 32.3 Å². The Bertz CT molecular complexity index is 1670. The summed E-state index contributed by atoms with van der Waals surface area (Å²) in [4.78, 5) is 29.1. The molecule has 2 heterocycles. The number of halogens is 1.